The Morgan fingerprint density at radius 2 is 1.91 bits per heavy atom. The molecule has 2 heterocycles. The van der Waals surface area contributed by atoms with Gasteiger partial charge in [-0.2, -0.15) is 0 Å². The van der Waals surface area contributed by atoms with Gasteiger partial charge in [-0.3, -0.25) is 0 Å². The van der Waals surface area contributed by atoms with Gasteiger partial charge in [-0.15, -0.1) is 0 Å². The Morgan fingerprint density at radius 1 is 1.04 bits per heavy atom. The van der Waals surface area contributed by atoms with E-state index in [1.807, 2.05) is 29.2 Å². The molecule has 0 unspecified atom stereocenters. The summed E-state index contributed by atoms with van der Waals surface area (Å²) >= 11 is 5.96. The predicted octanol–water partition coefficient (Wildman–Crippen LogP) is 4.34. The second-order valence-corrected chi connectivity index (χ2v) is 6.14. The first-order valence-corrected chi connectivity index (χ1v) is 7.97. The lowest BCUT2D eigenvalue weighted by atomic mass is 10.2. The van der Waals surface area contributed by atoms with Gasteiger partial charge in [-0.25, -0.2) is 4.79 Å². The Bertz CT molecular complexity index is 887. The van der Waals surface area contributed by atoms with Gasteiger partial charge < -0.3 is 14.8 Å². The monoisotopic (exact) mass is 325 g/mol. The zero-order valence-corrected chi connectivity index (χ0v) is 13.3. The molecule has 0 saturated heterocycles. The van der Waals surface area contributed by atoms with Crippen LogP contribution in [0, 0.1) is 0 Å². The first-order chi connectivity index (χ1) is 11.2. The maximum atomic E-state index is 12.5. The Kier molecular flexibility index (Phi) is 3.46. The summed E-state index contributed by atoms with van der Waals surface area (Å²) in [6.45, 7) is 2.12. The molecule has 3 aromatic rings. The Morgan fingerprint density at radius 3 is 2.78 bits per heavy atom. The SMILES string of the molecule is O=C(Nc1cccc(Cl)c1)N1CCn2c(cc3ccccc32)C1. The molecular weight excluding hydrogens is 310 g/mol. The first kappa shape index (κ1) is 14.2. The van der Waals surface area contributed by atoms with Crippen molar-refractivity contribution < 1.29 is 4.79 Å². The van der Waals surface area contributed by atoms with E-state index in [9.17, 15) is 4.79 Å². The van der Waals surface area contributed by atoms with Gasteiger partial charge in [0.1, 0.15) is 0 Å². The molecule has 1 aliphatic rings. The van der Waals surface area contributed by atoms with Gasteiger partial charge in [0.15, 0.2) is 0 Å². The van der Waals surface area contributed by atoms with Crippen LogP contribution in [-0.2, 0) is 13.1 Å². The standard InChI is InChI=1S/C18H16ClN3O/c19-14-5-3-6-15(11-14)20-18(23)21-8-9-22-16(12-21)10-13-4-1-2-7-17(13)22/h1-7,10-11H,8-9,12H2,(H,20,23). The predicted molar refractivity (Wildman–Crippen MR) is 92.8 cm³/mol. The molecule has 0 atom stereocenters. The molecular formula is C18H16ClN3O. The van der Waals surface area contributed by atoms with E-state index in [2.05, 4.69) is 28.1 Å². The number of urea groups is 1. The number of amides is 2. The van der Waals surface area contributed by atoms with Crippen LogP contribution in [0.1, 0.15) is 5.69 Å². The third-order valence-corrected chi connectivity index (χ3v) is 4.44. The molecule has 0 bridgehead atoms. The summed E-state index contributed by atoms with van der Waals surface area (Å²) in [5.41, 5.74) is 3.12. The van der Waals surface area contributed by atoms with E-state index in [0.717, 1.165) is 6.54 Å². The Hall–Kier alpha value is -2.46. The summed E-state index contributed by atoms with van der Waals surface area (Å²) in [6, 6.07) is 17.6. The van der Waals surface area contributed by atoms with Crippen molar-refractivity contribution in [1.29, 1.82) is 0 Å². The summed E-state index contributed by atoms with van der Waals surface area (Å²) in [5, 5.41) is 4.74. The molecule has 116 valence electrons. The number of benzene rings is 2. The van der Waals surface area contributed by atoms with Crippen LogP contribution < -0.4 is 5.32 Å². The van der Waals surface area contributed by atoms with E-state index >= 15 is 0 Å². The fraction of sp³-hybridized carbons (Fsp3) is 0.167. The van der Waals surface area contributed by atoms with Gasteiger partial charge >= 0.3 is 6.03 Å². The number of para-hydroxylation sites is 1. The number of carbonyl (C=O) groups excluding carboxylic acids is 1. The lowest BCUT2D eigenvalue weighted by Crippen LogP contribution is -2.40. The van der Waals surface area contributed by atoms with Crippen LogP contribution in [0.4, 0.5) is 10.5 Å². The molecule has 0 radical (unpaired) electrons. The fourth-order valence-electron chi connectivity index (χ4n) is 3.10. The zero-order chi connectivity index (χ0) is 15.8. The summed E-state index contributed by atoms with van der Waals surface area (Å²) in [6.07, 6.45) is 0. The van der Waals surface area contributed by atoms with Crippen LogP contribution in [0.25, 0.3) is 10.9 Å². The van der Waals surface area contributed by atoms with Crippen molar-refractivity contribution in [3.63, 3.8) is 0 Å². The zero-order valence-electron chi connectivity index (χ0n) is 12.5. The number of fused-ring (bicyclic) bond motifs is 3. The van der Waals surface area contributed by atoms with Gasteiger partial charge in [0.2, 0.25) is 0 Å². The average molecular weight is 326 g/mol. The number of nitrogens with zero attached hydrogens (tertiary/aromatic N) is 2. The fourth-order valence-corrected chi connectivity index (χ4v) is 3.29. The minimum absolute atomic E-state index is 0.0937. The highest BCUT2D eigenvalue weighted by Gasteiger charge is 2.22. The van der Waals surface area contributed by atoms with Crippen LogP contribution in [0.3, 0.4) is 0 Å². The quantitative estimate of drug-likeness (QED) is 0.710. The topological polar surface area (TPSA) is 37.3 Å². The minimum atomic E-state index is -0.0937. The normalized spacial score (nSPS) is 13.9. The van der Waals surface area contributed by atoms with E-state index in [1.54, 1.807) is 12.1 Å². The maximum absolute atomic E-state index is 12.5. The molecule has 0 saturated carbocycles. The van der Waals surface area contributed by atoms with Crippen LogP contribution >= 0.6 is 11.6 Å². The lowest BCUT2D eigenvalue weighted by molar-refractivity contribution is 0.198. The first-order valence-electron chi connectivity index (χ1n) is 7.59. The number of hydrogen-bond donors (Lipinski definition) is 1. The van der Waals surface area contributed by atoms with Crippen LogP contribution in [0.5, 0.6) is 0 Å². The van der Waals surface area contributed by atoms with E-state index < -0.39 is 0 Å². The smallest absolute Gasteiger partial charge is 0.322 e. The highest BCUT2D eigenvalue weighted by molar-refractivity contribution is 6.30. The molecule has 23 heavy (non-hydrogen) atoms. The second-order valence-electron chi connectivity index (χ2n) is 5.71. The molecule has 0 fully saturated rings. The molecule has 1 N–H and O–H groups in total. The third-order valence-electron chi connectivity index (χ3n) is 4.21. The van der Waals surface area contributed by atoms with Crippen molar-refractivity contribution in [2.75, 3.05) is 11.9 Å². The Labute approximate surface area is 139 Å². The van der Waals surface area contributed by atoms with E-state index in [4.69, 9.17) is 11.6 Å². The van der Waals surface area contributed by atoms with E-state index in [-0.39, 0.29) is 6.03 Å². The van der Waals surface area contributed by atoms with E-state index in [0.29, 0.717) is 23.8 Å². The highest BCUT2D eigenvalue weighted by atomic mass is 35.5. The van der Waals surface area contributed by atoms with Gasteiger partial charge in [0.25, 0.3) is 0 Å². The lowest BCUT2D eigenvalue weighted by Gasteiger charge is -2.29. The minimum Gasteiger partial charge on any atom is -0.341 e. The number of halogens is 1. The number of aromatic nitrogens is 1. The summed E-state index contributed by atoms with van der Waals surface area (Å²) in [7, 11) is 0. The molecule has 0 aliphatic carbocycles. The van der Waals surface area contributed by atoms with Crippen LogP contribution in [0.15, 0.2) is 54.6 Å². The van der Waals surface area contributed by atoms with Gasteiger partial charge in [0.05, 0.1) is 6.54 Å². The average Bonchev–Trinajstić information content (AvgIpc) is 2.92. The molecule has 1 aliphatic heterocycles. The highest BCUT2D eigenvalue weighted by Crippen LogP contribution is 2.24. The molecule has 4 nitrogen and oxygen atoms in total. The molecule has 4 rings (SSSR count). The van der Waals surface area contributed by atoms with Crippen molar-refractivity contribution >= 4 is 34.2 Å². The molecule has 2 aromatic carbocycles. The molecule has 5 heteroatoms. The summed E-state index contributed by atoms with van der Waals surface area (Å²) in [4.78, 5) is 14.3. The summed E-state index contributed by atoms with van der Waals surface area (Å²) in [5.74, 6) is 0. The van der Waals surface area contributed by atoms with Crippen LogP contribution in [-0.4, -0.2) is 22.0 Å². The van der Waals surface area contributed by atoms with Crippen molar-refractivity contribution in [2.24, 2.45) is 0 Å². The largest absolute Gasteiger partial charge is 0.341 e. The van der Waals surface area contributed by atoms with Crippen LogP contribution in [0.2, 0.25) is 5.02 Å². The van der Waals surface area contributed by atoms with Crippen molar-refractivity contribution in [3.05, 3.63) is 65.3 Å². The number of carbonyl (C=O) groups is 1. The number of anilines is 1. The van der Waals surface area contributed by atoms with E-state index in [1.165, 1.54) is 16.6 Å². The molecule has 2 amide bonds. The Balaban J connectivity index is 1.54. The van der Waals surface area contributed by atoms with Gasteiger partial charge in [-0.05, 0) is 35.7 Å². The maximum Gasteiger partial charge on any atom is 0.322 e. The van der Waals surface area contributed by atoms with Crippen molar-refractivity contribution in [2.45, 2.75) is 13.1 Å². The number of rotatable bonds is 1. The molecule has 0 spiro atoms. The second kappa shape index (κ2) is 5.63. The van der Waals surface area contributed by atoms with Crippen molar-refractivity contribution in [1.82, 2.24) is 9.47 Å². The van der Waals surface area contributed by atoms with Crippen molar-refractivity contribution in [3.8, 4) is 0 Å². The van der Waals surface area contributed by atoms with Gasteiger partial charge in [0, 0.05) is 35.0 Å². The van der Waals surface area contributed by atoms with Gasteiger partial charge in [-0.1, -0.05) is 35.9 Å². The summed E-state index contributed by atoms with van der Waals surface area (Å²) < 4.78 is 2.29. The third kappa shape index (κ3) is 2.66. The number of nitrogens with one attached hydrogen (secondary N) is 1. The molecule has 1 aromatic heterocycles. The number of hydrogen-bond acceptors (Lipinski definition) is 1.